The molecule has 3 heterocycles. The van der Waals surface area contributed by atoms with Gasteiger partial charge in [-0.05, 0) is 35.4 Å². The number of carbonyl (C=O) groups excluding carboxylic acids is 3. The van der Waals surface area contributed by atoms with E-state index in [0.717, 1.165) is 0 Å². The fraction of sp³-hybridized carbons (Fsp3) is 0.333. The first-order valence-electron chi connectivity index (χ1n) is 7.88. The molecule has 1 amide bonds. The van der Waals surface area contributed by atoms with Crippen molar-refractivity contribution in [2.75, 3.05) is 7.11 Å². The summed E-state index contributed by atoms with van der Waals surface area (Å²) < 4.78 is 4.97. The maximum Gasteiger partial charge on any atom is 0.329 e. The Labute approximate surface area is 154 Å². The zero-order valence-electron chi connectivity index (χ0n) is 14.2. The summed E-state index contributed by atoms with van der Waals surface area (Å²) in [5.74, 6) is -2.32. The number of methoxy groups -OCH3 is 1. The Morgan fingerprint density at radius 2 is 2.15 bits per heavy atom. The molecule has 4 unspecified atom stereocenters. The molecule has 2 aliphatic rings. The smallest absolute Gasteiger partial charge is 0.329 e. The van der Waals surface area contributed by atoms with Crippen molar-refractivity contribution < 1.29 is 19.1 Å². The van der Waals surface area contributed by atoms with Crippen LogP contribution in [-0.4, -0.2) is 41.8 Å². The minimum atomic E-state index is -1.62. The van der Waals surface area contributed by atoms with Crippen molar-refractivity contribution in [1.29, 1.82) is 5.26 Å². The molecule has 1 aromatic rings. The van der Waals surface area contributed by atoms with Crippen molar-refractivity contribution in [2.24, 2.45) is 11.1 Å². The molecule has 0 spiro atoms. The first-order valence-corrected chi connectivity index (χ1v) is 8.82. The third-order valence-electron chi connectivity index (χ3n) is 4.97. The van der Waals surface area contributed by atoms with Crippen LogP contribution in [0.5, 0.6) is 0 Å². The molecule has 1 fully saturated rings. The fourth-order valence-electron chi connectivity index (χ4n) is 3.91. The first-order chi connectivity index (χ1) is 12.4. The van der Waals surface area contributed by atoms with Gasteiger partial charge in [-0.3, -0.25) is 14.4 Å². The Bertz CT molecular complexity index is 867. The zero-order valence-corrected chi connectivity index (χ0v) is 15.0. The van der Waals surface area contributed by atoms with Crippen LogP contribution in [-0.2, 0) is 19.1 Å². The topological polar surface area (TPSA) is 113 Å². The van der Waals surface area contributed by atoms with Crippen molar-refractivity contribution in [1.82, 2.24) is 4.90 Å². The molecule has 0 saturated carbocycles. The quantitative estimate of drug-likeness (QED) is 0.793. The van der Waals surface area contributed by atoms with Crippen LogP contribution in [0.15, 0.2) is 40.8 Å². The summed E-state index contributed by atoms with van der Waals surface area (Å²) in [5, 5.41) is 13.7. The lowest BCUT2D eigenvalue weighted by Gasteiger charge is -2.32. The van der Waals surface area contributed by atoms with Crippen molar-refractivity contribution >= 4 is 29.0 Å². The molecule has 4 atom stereocenters. The average Bonchev–Trinajstić information content (AvgIpc) is 3.24. The van der Waals surface area contributed by atoms with E-state index in [2.05, 4.69) is 6.07 Å². The molecule has 134 valence electrons. The molecule has 0 aliphatic carbocycles. The second kappa shape index (κ2) is 6.42. The molecule has 1 aromatic heterocycles. The molecule has 0 aromatic carbocycles. The van der Waals surface area contributed by atoms with Gasteiger partial charge in [0.05, 0.1) is 30.8 Å². The Kier molecular flexibility index (Phi) is 4.42. The molecule has 26 heavy (non-hydrogen) atoms. The Balaban J connectivity index is 2.28. The van der Waals surface area contributed by atoms with Crippen LogP contribution in [0, 0.1) is 16.7 Å². The van der Waals surface area contributed by atoms with Gasteiger partial charge in [0, 0.05) is 12.1 Å². The van der Waals surface area contributed by atoms with Gasteiger partial charge in [0.1, 0.15) is 0 Å². The number of ether oxygens (including phenoxy) is 1. The molecule has 7 nitrogen and oxygen atoms in total. The van der Waals surface area contributed by atoms with Gasteiger partial charge in [0.25, 0.3) is 0 Å². The van der Waals surface area contributed by atoms with Crippen molar-refractivity contribution in [3.8, 4) is 6.07 Å². The molecule has 2 N–H and O–H groups in total. The Morgan fingerprint density at radius 3 is 2.65 bits per heavy atom. The predicted molar refractivity (Wildman–Crippen MR) is 93.6 cm³/mol. The van der Waals surface area contributed by atoms with E-state index in [0.29, 0.717) is 5.56 Å². The second-order valence-corrected chi connectivity index (χ2v) is 7.04. The van der Waals surface area contributed by atoms with Crippen molar-refractivity contribution in [2.45, 2.75) is 24.9 Å². The summed E-state index contributed by atoms with van der Waals surface area (Å²) in [7, 11) is 1.22. The number of carbonyl (C=O) groups is 3. The van der Waals surface area contributed by atoms with E-state index in [1.165, 1.54) is 37.6 Å². The van der Waals surface area contributed by atoms with Gasteiger partial charge in [-0.15, -0.1) is 0 Å². The summed E-state index contributed by atoms with van der Waals surface area (Å²) in [6.45, 7) is 1.40. The highest BCUT2D eigenvalue weighted by molar-refractivity contribution is 7.08. The number of ketones is 1. The van der Waals surface area contributed by atoms with Gasteiger partial charge >= 0.3 is 5.97 Å². The van der Waals surface area contributed by atoms with E-state index < -0.39 is 35.3 Å². The van der Waals surface area contributed by atoms with E-state index in [-0.39, 0.29) is 11.4 Å². The lowest BCUT2D eigenvalue weighted by atomic mass is 9.69. The summed E-state index contributed by atoms with van der Waals surface area (Å²) in [5.41, 5.74) is 4.65. The van der Waals surface area contributed by atoms with Gasteiger partial charge < -0.3 is 15.4 Å². The number of thiophene rings is 1. The van der Waals surface area contributed by atoms with Crippen LogP contribution < -0.4 is 5.73 Å². The van der Waals surface area contributed by atoms with Gasteiger partial charge in [-0.25, -0.2) is 0 Å². The molecule has 0 bridgehead atoms. The van der Waals surface area contributed by atoms with Gasteiger partial charge in [0.2, 0.25) is 5.91 Å². The number of amides is 1. The fourth-order valence-corrected chi connectivity index (χ4v) is 4.61. The van der Waals surface area contributed by atoms with Crippen molar-refractivity contribution in [3.05, 3.63) is 46.3 Å². The van der Waals surface area contributed by atoms with E-state index in [1.807, 2.05) is 10.8 Å². The van der Waals surface area contributed by atoms with Crippen molar-refractivity contribution in [3.63, 3.8) is 0 Å². The van der Waals surface area contributed by atoms with Crippen LogP contribution in [0.2, 0.25) is 0 Å². The van der Waals surface area contributed by atoms with Crippen LogP contribution in [0.4, 0.5) is 0 Å². The number of nitrogens with zero attached hydrogens (tertiary/aromatic N) is 2. The van der Waals surface area contributed by atoms with E-state index in [1.54, 1.807) is 17.0 Å². The minimum Gasteiger partial charge on any atom is -0.468 e. The molecular formula is C18H17N3O4S. The Hall–Kier alpha value is -2.92. The Morgan fingerprint density at radius 1 is 1.42 bits per heavy atom. The highest BCUT2D eigenvalue weighted by atomic mass is 32.1. The normalized spacial score (nSPS) is 29.5. The van der Waals surface area contributed by atoms with Crippen LogP contribution in [0.3, 0.4) is 0 Å². The minimum absolute atomic E-state index is 0.204. The highest BCUT2D eigenvalue weighted by Crippen LogP contribution is 2.54. The number of esters is 1. The standard InChI is InChI=1S/C18H17N3O4S/c1-10(22)15-14(12-5-6-26-8-12)18(9-19,17(24)25-2)13-4-3-11(16(20)23)7-21(13)15/h3-8,13-15H,1-2H3,(H2,20,23). The van der Waals surface area contributed by atoms with Gasteiger partial charge in [-0.2, -0.15) is 16.6 Å². The molecular weight excluding hydrogens is 354 g/mol. The van der Waals surface area contributed by atoms with E-state index >= 15 is 0 Å². The summed E-state index contributed by atoms with van der Waals surface area (Å²) in [4.78, 5) is 38.5. The number of rotatable bonds is 4. The summed E-state index contributed by atoms with van der Waals surface area (Å²) in [6, 6.07) is 2.38. The lowest BCUT2D eigenvalue weighted by Crippen LogP contribution is -2.45. The maximum absolute atomic E-state index is 12.8. The number of hydrogen-bond donors (Lipinski definition) is 1. The van der Waals surface area contributed by atoms with Crippen LogP contribution in [0.25, 0.3) is 0 Å². The molecule has 8 heteroatoms. The number of Topliss-reactive ketones (excluding diaryl/α,β-unsaturated/α-hetero) is 1. The largest absolute Gasteiger partial charge is 0.468 e. The number of primary amides is 1. The molecule has 1 saturated heterocycles. The number of nitrogens with two attached hydrogens (primary N) is 1. The predicted octanol–water partition coefficient (Wildman–Crippen LogP) is 1.10. The van der Waals surface area contributed by atoms with Gasteiger partial charge in [-0.1, -0.05) is 6.08 Å². The van der Waals surface area contributed by atoms with Gasteiger partial charge in [0.15, 0.2) is 11.2 Å². The third-order valence-corrected chi connectivity index (χ3v) is 5.67. The molecule has 0 radical (unpaired) electrons. The number of hydrogen-bond acceptors (Lipinski definition) is 7. The SMILES string of the molecule is COC(=O)C1(C#N)C(c2ccsc2)C(C(C)=O)N2C=C(C(N)=O)C=CC21. The van der Waals surface area contributed by atoms with Crippen LogP contribution in [0.1, 0.15) is 18.4 Å². The second-order valence-electron chi connectivity index (χ2n) is 6.26. The number of fused-ring (bicyclic) bond motifs is 1. The number of nitriles is 1. The highest BCUT2D eigenvalue weighted by Gasteiger charge is 2.66. The first kappa shape index (κ1) is 17.9. The van der Waals surface area contributed by atoms with E-state index in [4.69, 9.17) is 10.5 Å². The molecule has 3 rings (SSSR count). The monoisotopic (exact) mass is 371 g/mol. The third kappa shape index (κ3) is 2.35. The summed E-state index contributed by atoms with van der Waals surface area (Å²) >= 11 is 1.41. The van der Waals surface area contributed by atoms with E-state index in [9.17, 15) is 19.6 Å². The zero-order chi connectivity index (χ0) is 19.1. The molecule has 2 aliphatic heterocycles. The maximum atomic E-state index is 12.8. The van der Waals surface area contributed by atoms with Crippen LogP contribution >= 0.6 is 11.3 Å². The summed E-state index contributed by atoms with van der Waals surface area (Å²) in [6.07, 6.45) is 4.51. The lowest BCUT2D eigenvalue weighted by molar-refractivity contribution is -0.150. The average molecular weight is 371 g/mol.